The van der Waals surface area contributed by atoms with Crippen LogP contribution in [-0.4, -0.2) is 32.3 Å². The van der Waals surface area contributed by atoms with Crippen molar-refractivity contribution < 1.29 is 9.59 Å². The summed E-state index contributed by atoms with van der Waals surface area (Å²) in [6.07, 6.45) is 0. The normalized spacial score (nSPS) is 11.8. The van der Waals surface area contributed by atoms with Crippen LogP contribution >= 0.6 is 27.7 Å². The predicted molar refractivity (Wildman–Crippen MR) is 131 cm³/mol. The van der Waals surface area contributed by atoms with Crippen LogP contribution in [-0.2, 0) is 11.3 Å². The van der Waals surface area contributed by atoms with Crippen LogP contribution in [0, 0.1) is 13.8 Å². The molecule has 1 atom stereocenters. The zero-order valence-corrected chi connectivity index (χ0v) is 20.9. The first-order valence-electron chi connectivity index (χ1n) is 10.3. The lowest BCUT2D eigenvalue weighted by Crippen LogP contribution is -2.28. The van der Waals surface area contributed by atoms with E-state index in [-0.39, 0.29) is 23.6 Å². The Morgan fingerprint density at radius 1 is 1.16 bits per heavy atom. The van der Waals surface area contributed by atoms with Gasteiger partial charge in [0.1, 0.15) is 0 Å². The second-order valence-corrected chi connectivity index (χ2v) is 9.25. The molecule has 1 unspecified atom stereocenters. The van der Waals surface area contributed by atoms with E-state index in [2.05, 4.69) is 36.8 Å². The van der Waals surface area contributed by atoms with E-state index < -0.39 is 0 Å². The number of hydrogen-bond donors (Lipinski definition) is 2. The number of nitrogens with zero attached hydrogens (tertiary/aromatic N) is 3. The summed E-state index contributed by atoms with van der Waals surface area (Å²) in [5.41, 5.74) is 3.43. The first-order chi connectivity index (χ1) is 15.3. The lowest BCUT2D eigenvalue weighted by molar-refractivity contribution is -0.113. The summed E-state index contributed by atoms with van der Waals surface area (Å²) < 4.78 is 2.92. The average Bonchev–Trinajstić information content (AvgIpc) is 3.18. The molecule has 0 aliphatic rings. The Hall–Kier alpha value is -2.65. The number of amides is 2. The molecule has 32 heavy (non-hydrogen) atoms. The van der Waals surface area contributed by atoms with Crippen molar-refractivity contribution in [2.24, 2.45) is 0 Å². The maximum atomic E-state index is 12.6. The van der Waals surface area contributed by atoms with E-state index >= 15 is 0 Å². The standard InChI is InChI=1S/C23H26BrN5O2S/c1-5-29-21(16(4)25-22(31)17-8-6-7-14(2)11-17)27-28-23(29)32-13-20(30)26-18-9-10-19(24)15(3)12-18/h6-12,16H,5,13H2,1-4H3,(H,25,31)(H,26,30). The molecule has 0 spiro atoms. The van der Waals surface area contributed by atoms with E-state index in [1.807, 2.05) is 68.7 Å². The van der Waals surface area contributed by atoms with Gasteiger partial charge in [-0.2, -0.15) is 0 Å². The van der Waals surface area contributed by atoms with Crippen LogP contribution in [0.1, 0.15) is 47.2 Å². The largest absolute Gasteiger partial charge is 0.342 e. The number of hydrogen-bond acceptors (Lipinski definition) is 5. The molecule has 0 saturated carbocycles. The fourth-order valence-corrected chi connectivity index (χ4v) is 4.26. The summed E-state index contributed by atoms with van der Waals surface area (Å²) in [7, 11) is 0. The highest BCUT2D eigenvalue weighted by Gasteiger charge is 2.20. The number of benzene rings is 2. The fourth-order valence-electron chi connectivity index (χ4n) is 3.20. The summed E-state index contributed by atoms with van der Waals surface area (Å²) in [5.74, 6) is 0.576. The topological polar surface area (TPSA) is 88.9 Å². The van der Waals surface area contributed by atoms with E-state index in [1.165, 1.54) is 11.8 Å². The van der Waals surface area contributed by atoms with Gasteiger partial charge in [0.2, 0.25) is 5.91 Å². The van der Waals surface area contributed by atoms with Crippen molar-refractivity contribution in [3.63, 3.8) is 0 Å². The molecular weight excluding hydrogens is 490 g/mol. The third-order valence-corrected chi connectivity index (χ3v) is 6.71. The maximum absolute atomic E-state index is 12.6. The summed E-state index contributed by atoms with van der Waals surface area (Å²) in [4.78, 5) is 25.0. The number of nitrogens with one attached hydrogen (secondary N) is 2. The van der Waals surface area contributed by atoms with Gasteiger partial charge in [0, 0.05) is 22.3 Å². The summed E-state index contributed by atoms with van der Waals surface area (Å²) in [5, 5.41) is 15.0. The number of carbonyl (C=O) groups excluding carboxylic acids is 2. The molecular formula is C23H26BrN5O2S. The highest BCUT2D eigenvalue weighted by molar-refractivity contribution is 9.10. The lowest BCUT2D eigenvalue weighted by Gasteiger charge is -2.15. The number of carbonyl (C=O) groups is 2. The summed E-state index contributed by atoms with van der Waals surface area (Å²) in [6, 6.07) is 12.8. The fraction of sp³-hybridized carbons (Fsp3) is 0.304. The quantitative estimate of drug-likeness (QED) is 0.416. The van der Waals surface area contributed by atoms with Crippen LogP contribution in [0.15, 0.2) is 52.1 Å². The van der Waals surface area contributed by atoms with E-state index in [4.69, 9.17) is 0 Å². The third-order valence-electron chi connectivity index (χ3n) is 4.85. The minimum absolute atomic E-state index is 0.121. The lowest BCUT2D eigenvalue weighted by atomic mass is 10.1. The molecule has 3 aromatic rings. The molecule has 0 saturated heterocycles. The molecule has 1 aromatic heterocycles. The molecule has 0 radical (unpaired) electrons. The second-order valence-electron chi connectivity index (χ2n) is 7.45. The van der Waals surface area contributed by atoms with Crippen LogP contribution in [0.3, 0.4) is 0 Å². The second kappa shape index (κ2) is 10.8. The van der Waals surface area contributed by atoms with Gasteiger partial charge < -0.3 is 15.2 Å². The number of rotatable bonds is 8. The molecule has 0 aliphatic heterocycles. The van der Waals surface area contributed by atoms with Gasteiger partial charge in [-0.15, -0.1) is 10.2 Å². The van der Waals surface area contributed by atoms with Gasteiger partial charge >= 0.3 is 0 Å². The van der Waals surface area contributed by atoms with Crippen molar-refractivity contribution in [2.45, 2.75) is 45.4 Å². The van der Waals surface area contributed by atoms with Crippen molar-refractivity contribution in [1.82, 2.24) is 20.1 Å². The Kier molecular flexibility index (Phi) is 8.09. The molecule has 2 amide bonds. The Labute approximate surface area is 200 Å². The van der Waals surface area contributed by atoms with Gasteiger partial charge in [-0.3, -0.25) is 9.59 Å². The van der Waals surface area contributed by atoms with E-state index in [9.17, 15) is 9.59 Å². The van der Waals surface area contributed by atoms with Gasteiger partial charge in [0.05, 0.1) is 11.8 Å². The molecule has 7 nitrogen and oxygen atoms in total. The molecule has 1 heterocycles. The Morgan fingerprint density at radius 3 is 2.62 bits per heavy atom. The molecule has 2 N–H and O–H groups in total. The maximum Gasteiger partial charge on any atom is 0.251 e. The highest BCUT2D eigenvalue weighted by Crippen LogP contribution is 2.23. The number of aromatic nitrogens is 3. The Bertz CT molecular complexity index is 1130. The number of halogens is 1. The smallest absolute Gasteiger partial charge is 0.251 e. The minimum atomic E-state index is -0.329. The molecule has 3 rings (SSSR count). The van der Waals surface area contributed by atoms with Gasteiger partial charge in [0.25, 0.3) is 5.91 Å². The Balaban J connectivity index is 1.62. The molecule has 0 fully saturated rings. The van der Waals surface area contributed by atoms with Crippen LogP contribution in [0.4, 0.5) is 5.69 Å². The van der Waals surface area contributed by atoms with Gasteiger partial charge in [-0.1, -0.05) is 45.4 Å². The molecule has 9 heteroatoms. The molecule has 168 valence electrons. The van der Waals surface area contributed by atoms with E-state index in [1.54, 1.807) is 6.07 Å². The molecule has 0 bridgehead atoms. The van der Waals surface area contributed by atoms with Crippen molar-refractivity contribution in [3.05, 3.63) is 69.5 Å². The molecule has 0 aliphatic carbocycles. The molecule has 2 aromatic carbocycles. The minimum Gasteiger partial charge on any atom is -0.342 e. The van der Waals surface area contributed by atoms with Crippen LogP contribution in [0.2, 0.25) is 0 Å². The number of thioether (sulfide) groups is 1. The van der Waals surface area contributed by atoms with Gasteiger partial charge in [0.15, 0.2) is 11.0 Å². The van der Waals surface area contributed by atoms with Crippen molar-refractivity contribution in [3.8, 4) is 0 Å². The third kappa shape index (κ3) is 5.98. The monoisotopic (exact) mass is 515 g/mol. The number of aryl methyl sites for hydroxylation is 2. The predicted octanol–water partition coefficient (Wildman–Crippen LogP) is 4.90. The van der Waals surface area contributed by atoms with Crippen LogP contribution < -0.4 is 10.6 Å². The SMILES string of the molecule is CCn1c(SCC(=O)Nc2ccc(Br)c(C)c2)nnc1C(C)NC(=O)c1cccc(C)c1. The zero-order chi connectivity index (χ0) is 23.3. The van der Waals surface area contributed by atoms with Gasteiger partial charge in [-0.05, 0) is 63.6 Å². The van der Waals surface area contributed by atoms with Crippen molar-refractivity contribution in [2.75, 3.05) is 11.1 Å². The first-order valence-corrected chi connectivity index (χ1v) is 12.1. The zero-order valence-electron chi connectivity index (χ0n) is 18.5. The average molecular weight is 516 g/mol. The van der Waals surface area contributed by atoms with E-state index in [0.717, 1.165) is 21.3 Å². The number of anilines is 1. The van der Waals surface area contributed by atoms with Gasteiger partial charge in [-0.25, -0.2) is 0 Å². The Morgan fingerprint density at radius 2 is 1.94 bits per heavy atom. The van der Waals surface area contributed by atoms with Crippen LogP contribution in [0.25, 0.3) is 0 Å². The summed E-state index contributed by atoms with van der Waals surface area (Å²) in [6.45, 7) is 8.41. The first kappa shape index (κ1) is 24.0. The highest BCUT2D eigenvalue weighted by atomic mass is 79.9. The van der Waals surface area contributed by atoms with E-state index in [0.29, 0.717) is 23.1 Å². The summed E-state index contributed by atoms with van der Waals surface area (Å²) >= 11 is 4.77. The van der Waals surface area contributed by atoms with Crippen molar-refractivity contribution >= 4 is 45.2 Å². The van der Waals surface area contributed by atoms with Crippen LogP contribution in [0.5, 0.6) is 0 Å². The van der Waals surface area contributed by atoms with Crippen molar-refractivity contribution in [1.29, 1.82) is 0 Å².